The molecule has 20 heteroatoms. The van der Waals surface area contributed by atoms with E-state index in [-0.39, 0.29) is 38.3 Å². The fourth-order valence-electron chi connectivity index (χ4n) is 9.59. The third kappa shape index (κ3) is 12.1. The van der Waals surface area contributed by atoms with E-state index in [1.165, 1.54) is 11.1 Å². The number of likely N-dealkylation sites (tertiary alicyclic amines) is 1. The highest BCUT2D eigenvalue weighted by atomic mass is 35.5. The first-order valence-corrected chi connectivity index (χ1v) is 26.3. The van der Waals surface area contributed by atoms with E-state index in [0.717, 1.165) is 72.8 Å². The molecule has 5 N–H and O–H groups in total. The minimum absolute atomic E-state index is 0.0505. The number of piperazine rings is 1. The van der Waals surface area contributed by atoms with Crippen molar-refractivity contribution in [3.8, 4) is 16.2 Å². The normalized spacial score (nSPS) is 21.7. The van der Waals surface area contributed by atoms with Gasteiger partial charge < -0.3 is 40.9 Å². The Hall–Kier alpha value is -5.08. The van der Waals surface area contributed by atoms with Crippen LogP contribution in [0.15, 0.2) is 54.2 Å². The number of rotatable bonds is 18. The molecule has 4 aromatic rings. The topological polar surface area (TPSA) is 194 Å². The van der Waals surface area contributed by atoms with Crippen LogP contribution in [0.5, 0.6) is 5.75 Å². The van der Waals surface area contributed by atoms with Crippen LogP contribution < -0.4 is 26.0 Å². The molecule has 4 amide bonds. The van der Waals surface area contributed by atoms with Crippen molar-refractivity contribution in [2.24, 2.45) is 11.8 Å². The van der Waals surface area contributed by atoms with Gasteiger partial charge in [0.05, 0.1) is 41.2 Å². The van der Waals surface area contributed by atoms with Gasteiger partial charge >= 0.3 is 0 Å². The highest BCUT2D eigenvalue weighted by molar-refractivity contribution is 8.00. The van der Waals surface area contributed by atoms with Crippen LogP contribution in [0.3, 0.4) is 0 Å². The number of hydrogen-bond donors (Lipinski definition) is 5. The Balaban J connectivity index is 0.808. The van der Waals surface area contributed by atoms with Crippen LogP contribution in [0.1, 0.15) is 80.4 Å². The number of aromatic nitrogens is 3. The summed E-state index contributed by atoms with van der Waals surface area (Å²) in [6.07, 6.45) is 5.01. The van der Waals surface area contributed by atoms with E-state index in [1.54, 1.807) is 55.5 Å². The van der Waals surface area contributed by atoms with Gasteiger partial charge in [-0.1, -0.05) is 35.9 Å². The van der Waals surface area contributed by atoms with Crippen molar-refractivity contribution in [2.45, 2.75) is 101 Å². The summed E-state index contributed by atoms with van der Waals surface area (Å²) in [5, 5.41) is 23.0. The molecule has 16 nitrogen and oxygen atoms in total. The Morgan fingerprint density at radius 1 is 1.03 bits per heavy atom. The second kappa shape index (κ2) is 22.1. The van der Waals surface area contributed by atoms with Crippen molar-refractivity contribution < 1.29 is 33.4 Å². The molecule has 2 aliphatic heterocycles. The summed E-state index contributed by atoms with van der Waals surface area (Å²) >= 11 is 9.30. The average molecular weight is 1020 g/mol. The van der Waals surface area contributed by atoms with Gasteiger partial charge in [0.25, 0.3) is 11.8 Å². The summed E-state index contributed by atoms with van der Waals surface area (Å²) in [4.78, 5) is 74.9. The number of hydrogen-bond acceptors (Lipinski definition) is 14. The molecular weight excluding hydrogens is 955 g/mol. The number of benzene rings is 2. The van der Waals surface area contributed by atoms with E-state index in [2.05, 4.69) is 41.1 Å². The van der Waals surface area contributed by atoms with Gasteiger partial charge in [-0.05, 0) is 106 Å². The summed E-state index contributed by atoms with van der Waals surface area (Å²) in [7, 11) is 3.28. The quantitative estimate of drug-likeness (QED) is 0.0708. The van der Waals surface area contributed by atoms with Gasteiger partial charge in [0.2, 0.25) is 17.8 Å². The number of anilines is 3. The molecule has 2 saturated carbocycles. The first-order chi connectivity index (χ1) is 33.5. The molecular formula is C50H64ClFN10O6S2. The molecule has 70 heavy (non-hydrogen) atoms. The first kappa shape index (κ1) is 51.3. The number of alkyl halides is 1. The lowest BCUT2D eigenvalue weighted by atomic mass is 9.82. The van der Waals surface area contributed by atoms with E-state index < -0.39 is 46.3 Å². The summed E-state index contributed by atoms with van der Waals surface area (Å²) in [6, 6.07) is 11.1. The Bertz CT molecular complexity index is 2510. The highest BCUT2D eigenvalue weighted by Crippen LogP contribution is 2.42. The van der Waals surface area contributed by atoms with Crippen LogP contribution in [-0.4, -0.2) is 146 Å². The molecule has 8 rings (SSSR count). The largest absolute Gasteiger partial charge is 0.495 e. The van der Waals surface area contributed by atoms with E-state index in [0.29, 0.717) is 58.7 Å². The number of ether oxygens (including phenoxy) is 1. The van der Waals surface area contributed by atoms with E-state index in [4.69, 9.17) is 16.3 Å². The van der Waals surface area contributed by atoms with E-state index in [1.807, 2.05) is 55.4 Å². The maximum Gasteiger partial charge on any atom is 0.258 e. The SMILES string of the molecule is CNc1nc(Nc2ccc(C(=O)N3CCN(CC4CCC(CSC(C)(C)[C@H](NC(=O)C5(F)CC5)C(=O)N5C[C@@H](O)C[C@@H]5C(=O)NCc5ccc(-c6scnc6C)cc5)CC4)CC3)cc2OC)ncc1Cl. The average Bonchev–Trinajstić information content (AvgIpc) is 3.77. The molecule has 2 aromatic carbocycles. The second-order valence-corrected chi connectivity index (χ2v) is 22.5. The second-order valence-electron chi connectivity index (χ2n) is 19.5. The monoisotopic (exact) mass is 1020 g/mol. The van der Waals surface area contributed by atoms with Crippen LogP contribution in [0.25, 0.3) is 10.4 Å². The lowest BCUT2D eigenvalue weighted by molar-refractivity contribution is -0.143. The lowest BCUT2D eigenvalue weighted by Crippen LogP contribution is -2.61. The number of halogens is 2. The first-order valence-electron chi connectivity index (χ1n) is 24.1. The van der Waals surface area contributed by atoms with Crippen molar-refractivity contribution in [3.63, 3.8) is 0 Å². The van der Waals surface area contributed by atoms with Crippen LogP contribution in [0.2, 0.25) is 5.02 Å². The van der Waals surface area contributed by atoms with Gasteiger partial charge in [0.1, 0.15) is 28.7 Å². The minimum atomic E-state index is -2.00. The number of aliphatic hydroxyl groups is 1. The Morgan fingerprint density at radius 3 is 2.40 bits per heavy atom. The number of β-amino-alcohol motifs (C(OH)–C–C–N with tert-alkyl or cyclic N) is 1. The minimum Gasteiger partial charge on any atom is -0.495 e. The fraction of sp³-hybridized carbons (Fsp3) is 0.540. The van der Waals surface area contributed by atoms with Crippen molar-refractivity contribution in [3.05, 3.63) is 76.0 Å². The fourth-order valence-corrected chi connectivity index (χ4v) is 11.9. The molecule has 4 heterocycles. The summed E-state index contributed by atoms with van der Waals surface area (Å²) in [6.45, 7) is 9.71. The van der Waals surface area contributed by atoms with Gasteiger partial charge in [-0.25, -0.2) is 14.4 Å². The summed E-state index contributed by atoms with van der Waals surface area (Å²) in [5.41, 5.74) is 3.84. The predicted octanol–water partition coefficient (Wildman–Crippen LogP) is 6.70. The third-order valence-electron chi connectivity index (χ3n) is 14.1. The van der Waals surface area contributed by atoms with Crippen LogP contribution in [0.4, 0.5) is 21.8 Å². The number of nitrogens with one attached hydrogen (secondary N) is 4. The van der Waals surface area contributed by atoms with Gasteiger partial charge in [-0.3, -0.25) is 24.1 Å². The molecule has 2 saturated heterocycles. The third-order valence-corrected chi connectivity index (χ3v) is 17.0. The number of amides is 4. The lowest BCUT2D eigenvalue weighted by Gasteiger charge is -2.40. The van der Waals surface area contributed by atoms with Gasteiger partial charge in [0.15, 0.2) is 5.67 Å². The Morgan fingerprint density at radius 2 is 1.74 bits per heavy atom. The zero-order chi connectivity index (χ0) is 49.7. The zero-order valence-corrected chi connectivity index (χ0v) is 42.8. The Labute approximate surface area is 422 Å². The maximum absolute atomic E-state index is 15.2. The van der Waals surface area contributed by atoms with Crippen LogP contribution >= 0.6 is 34.7 Å². The summed E-state index contributed by atoms with van der Waals surface area (Å²) in [5.74, 6) is 1.24. The van der Waals surface area contributed by atoms with Gasteiger partial charge in [0, 0.05) is 69.6 Å². The van der Waals surface area contributed by atoms with E-state index >= 15 is 4.39 Å². The van der Waals surface area contributed by atoms with Crippen molar-refractivity contribution >= 4 is 75.8 Å². The van der Waals surface area contributed by atoms with Gasteiger partial charge in [-0.15, -0.1) is 11.3 Å². The smallest absolute Gasteiger partial charge is 0.258 e. The molecule has 4 aliphatic rings. The number of aryl methyl sites for hydroxylation is 1. The molecule has 0 radical (unpaired) electrons. The molecule has 0 unspecified atom stereocenters. The number of thiazole rings is 1. The standard InChI is InChI=1S/C50H64ClFN10O6S2/c1-30-41(69-29-56-30)34-12-10-31(11-13-34)24-54-44(64)39-23-36(63)27-62(39)46(66)42(58-47(67)50(52)16-17-50)49(2,3)70-28-33-8-6-32(7-9-33)26-60-18-20-61(21-19-60)45(65)35-14-15-38(40(22-35)68-5)57-48-55-25-37(51)43(53-4)59-48/h10-15,22,25,29,32-33,36,39,42,63H,6-9,16-21,23-24,26-28H2,1-5H3,(H,54,64)(H,58,67)(H2,53,55,57,59)/t32?,33?,36-,39+,42+/m0/s1. The molecule has 376 valence electrons. The highest BCUT2D eigenvalue weighted by Gasteiger charge is 2.54. The number of thioether (sulfide) groups is 1. The Kier molecular flexibility index (Phi) is 16.2. The number of carbonyl (C=O) groups is 4. The molecule has 2 aromatic heterocycles. The molecule has 4 fully saturated rings. The maximum atomic E-state index is 15.2. The zero-order valence-electron chi connectivity index (χ0n) is 40.4. The number of methoxy groups -OCH3 is 1. The van der Waals surface area contributed by atoms with Crippen molar-refractivity contribution in [1.29, 1.82) is 0 Å². The van der Waals surface area contributed by atoms with Crippen LogP contribution in [-0.2, 0) is 20.9 Å². The number of aliphatic hydroxyl groups excluding tert-OH is 1. The van der Waals surface area contributed by atoms with Gasteiger partial charge in [-0.2, -0.15) is 16.7 Å². The number of nitrogens with zero attached hydrogens (tertiary/aromatic N) is 6. The predicted molar refractivity (Wildman–Crippen MR) is 272 cm³/mol. The molecule has 0 spiro atoms. The number of carbonyl (C=O) groups excluding carboxylic acids is 4. The summed E-state index contributed by atoms with van der Waals surface area (Å²) < 4.78 is 19.9. The van der Waals surface area contributed by atoms with E-state index in [9.17, 15) is 24.3 Å². The van der Waals surface area contributed by atoms with Crippen molar-refractivity contribution in [1.82, 2.24) is 40.3 Å². The molecule has 2 aliphatic carbocycles. The molecule has 0 bridgehead atoms. The molecule has 3 atom stereocenters. The van der Waals surface area contributed by atoms with Crippen molar-refractivity contribution in [2.75, 3.05) is 69.8 Å². The van der Waals surface area contributed by atoms with Crippen LogP contribution in [0, 0.1) is 18.8 Å².